The molecule has 1 aliphatic heterocycles. The second-order valence-corrected chi connectivity index (χ2v) is 5.55. The fourth-order valence-corrected chi connectivity index (χ4v) is 2.48. The number of carbonyl (C=O) groups excluding carboxylic acids is 1. The Morgan fingerprint density at radius 2 is 2.22 bits per heavy atom. The van der Waals surface area contributed by atoms with Gasteiger partial charge >= 0.3 is 0 Å². The van der Waals surface area contributed by atoms with Crippen LogP contribution < -0.4 is 4.74 Å². The van der Waals surface area contributed by atoms with E-state index in [0.29, 0.717) is 21.6 Å². The normalized spacial score (nSPS) is 16.9. The minimum atomic E-state index is -0.734. The van der Waals surface area contributed by atoms with Gasteiger partial charge in [-0.05, 0) is 30.3 Å². The number of nitrogens with zero attached hydrogens (tertiary/aromatic N) is 2. The molecule has 0 fully saturated rings. The van der Waals surface area contributed by atoms with Gasteiger partial charge in [-0.25, -0.2) is 0 Å². The zero-order chi connectivity index (χ0) is 16.4. The molecule has 8 heteroatoms. The van der Waals surface area contributed by atoms with Crippen LogP contribution in [0.15, 0.2) is 46.1 Å². The predicted octanol–water partition coefficient (Wildman–Crippen LogP) is 3.86. The number of hydrogen-bond acceptors (Lipinski definition) is 5. The van der Waals surface area contributed by atoms with E-state index in [1.807, 2.05) is 0 Å². The molecule has 0 unspecified atom stereocenters. The fourth-order valence-electron chi connectivity index (χ4n) is 2.02. The molecule has 0 bridgehead atoms. The quantitative estimate of drug-likeness (QED) is 0.836. The maximum absolute atomic E-state index is 11.7. The third kappa shape index (κ3) is 3.43. The number of furan rings is 1. The molecule has 6 nitrogen and oxygen atoms in total. The molecule has 1 atom stereocenters. The van der Waals surface area contributed by atoms with Crippen molar-refractivity contribution in [1.82, 2.24) is 5.01 Å². The number of carbonyl (C=O) groups is 1. The average Bonchev–Trinajstić information content (AvgIpc) is 3.15. The van der Waals surface area contributed by atoms with E-state index >= 15 is 0 Å². The number of rotatable bonds is 4. The molecular formula is C15H12Cl2N2O4. The molecule has 23 heavy (non-hydrogen) atoms. The number of ether oxygens (including phenoxy) is 2. The molecule has 2 aromatic rings. The Morgan fingerprint density at radius 1 is 1.39 bits per heavy atom. The Labute approximate surface area is 142 Å². The van der Waals surface area contributed by atoms with Crippen molar-refractivity contribution >= 4 is 35.0 Å². The minimum absolute atomic E-state index is 0.0162. The average molecular weight is 355 g/mol. The summed E-state index contributed by atoms with van der Waals surface area (Å²) in [6.45, 7) is 1.41. The molecule has 0 radical (unpaired) electrons. The highest BCUT2D eigenvalue weighted by atomic mass is 35.5. The van der Waals surface area contributed by atoms with E-state index in [-0.39, 0.29) is 18.4 Å². The van der Waals surface area contributed by atoms with Crippen LogP contribution in [0.25, 0.3) is 0 Å². The van der Waals surface area contributed by atoms with Gasteiger partial charge in [0.05, 0.1) is 11.3 Å². The van der Waals surface area contributed by atoms with Crippen LogP contribution in [0.5, 0.6) is 5.75 Å². The van der Waals surface area contributed by atoms with Crippen LogP contribution in [-0.4, -0.2) is 23.4 Å². The summed E-state index contributed by atoms with van der Waals surface area (Å²) >= 11 is 11.9. The topological polar surface area (TPSA) is 64.3 Å². The molecular weight excluding hydrogens is 343 g/mol. The predicted molar refractivity (Wildman–Crippen MR) is 84.4 cm³/mol. The lowest BCUT2D eigenvalue weighted by molar-refractivity contribution is -0.136. The summed E-state index contributed by atoms with van der Waals surface area (Å²) < 4.78 is 16.5. The summed E-state index contributed by atoms with van der Waals surface area (Å²) in [4.78, 5) is 11.7. The first kappa shape index (κ1) is 15.7. The van der Waals surface area contributed by atoms with Gasteiger partial charge in [-0.1, -0.05) is 23.2 Å². The van der Waals surface area contributed by atoms with Crippen LogP contribution in [0.4, 0.5) is 0 Å². The van der Waals surface area contributed by atoms with Crippen LogP contribution in [0.3, 0.4) is 0 Å². The van der Waals surface area contributed by atoms with Crippen molar-refractivity contribution in [3.63, 3.8) is 0 Å². The molecule has 0 N–H and O–H groups in total. The van der Waals surface area contributed by atoms with Gasteiger partial charge in [0.25, 0.3) is 6.23 Å². The summed E-state index contributed by atoms with van der Waals surface area (Å²) in [7, 11) is 0. The number of hydrazone groups is 1. The lowest BCUT2D eigenvalue weighted by Crippen LogP contribution is -2.24. The van der Waals surface area contributed by atoms with E-state index < -0.39 is 6.23 Å². The van der Waals surface area contributed by atoms with Gasteiger partial charge in [-0.2, -0.15) is 5.01 Å². The SMILES string of the molecule is CC(=O)N1N=C(COc2ccc(Cl)cc2Cl)O[C@H]1c1ccco1. The Balaban J connectivity index is 1.71. The number of hydrogen-bond donors (Lipinski definition) is 0. The van der Waals surface area contributed by atoms with Crippen molar-refractivity contribution in [3.8, 4) is 5.75 Å². The van der Waals surface area contributed by atoms with Gasteiger partial charge < -0.3 is 13.9 Å². The molecule has 2 heterocycles. The first-order valence-corrected chi connectivity index (χ1v) is 7.45. The number of benzene rings is 1. The highest BCUT2D eigenvalue weighted by Crippen LogP contribution is 2.30. The third-order valence-corrected chi connectivity index (χ3v) is 3.57. The van der Waals surface area contributed by atoms with Gasteiger partial charge in [0.15, 0.2) is 12.4 Å². The summed E-state index contributed by atoms with van der Waals surface area (Å²) in [5.74, 6) is 0.889. The van der Waals surface area contributed by atoms with E-state index in [0.717, 1.165) is 0 Å². The zero-order valence-corrected chi connectivity index (χ0v) is 13.5. The van der Waals surface area contributed by atoms with E-state index in [9.17, 15) is 4.79 Å². The van der Waals surface area contributed by atoms with E-state index in [1.54, 1.807) is 30.3 Å². The number of halogens is 2. The van der Waals surface area contributed by atoms with Gasteiger partial charge in [0.1, 0.15) is 5.75 Å². The van der Waals surface area contributed by atoms with Crippen molar-refractivity contribution in [2.24, 2.45) is 5.10 Å². The largest absolute Gasteiger partial charge is 0.482 e. The Hall–Kier alpha value is -2.18. The summed E-state index contributed by atoms with van der Waals surface area (Å²) in [6.07, 6.45) is 0.765. The van der Waals surface area contributed by atoms with Crippen LogP contribution in [0.2, 0.25) is 10.0 Å². The van der Waals surface area contributed by atoms with Gasteiger partial charge in [-0.3, -0.25) is 4.79 Å². The zero-order valence-electron chi connectivity index (χ0n) is 12.0. The first-order chi connectivity index (χ1) is 11.0. The maximum Gasteiger partial charge on any atom is 0.254 e. The van der Waals surface area contributed by atoms with E-state index in [2.05, 4.69) is 5.10 Å². The van der Waals surface area contributed by atoms with Crippen LogP contribution in [-0.2, 0) is 9.53 Å². The molecule has 0 spiro atoms. The molecule has 0 saturated heterocycles. The molecule has 1 aromatic carbocycles. The second kappa shape index (κ2) is 6.52. The van der Waals surface area contributed by atoms with E-state index in [4.69, 9.17) is 37.1 Å². The fraction of sp³-hybridized carbons (Fsp3) is 0.200. The Kier molecular flexibility index (Phi) is 4.45. The van der Waals surface area contributed by atoms with Crippen LogP contribution in [0.1, 0.15) is 18.9 Å². The van der Waals surface area contributed by atoms with Gasteiger partial charge in [-0.15, -0.1) is 5.10 Å². The molecule has 120 valence electrons. The van der Waals surface area contributed by atoms with E-state index in [1.165, 1.54) is 18.2 Å². The lowest BCUT2D eigenvalue weighted by Gasteiger charge is -2.16. The Morgan fingerprint density at radius 3 is 2.87 bits per heavy atom. The summed E-state index contributed by atoms with van der Waals surface area (Å²) in [5.41, 5.74) is 0. The van der Waals surface area contributed by atoms with Crippen molar-refractivity contribution in [3.05, 3.63) is 52.4 Å². The molecule has 1 amide bonds. The second-order valence-electron chi connectivity index (χ2n) is 4.71. The first-order valence-electron chi connectivity index (χ1n) is 6.70. The van der Waals surface area contributed by atoms with Gasteiger partial charge in [0, 0.05) is 11.9 Å². The standard InChI is InChI=1S/C15H12Cl2N2O4/c1-9(20)19-15(13-3-2-6-21-13)23-14(18-19)8-22-12-5-4-10(16)7-11(12)17/h2-7,15H,8H2,1H3/t15-/m0/s1. The third-order valence-electron chi connectivity index (χ3n) is 3.04. The monoisotopic (exact) mass is 354 g/mol. The smallest absolute Gasteiger partial charge is 0.254 e. The Bertz CT molecular complexity index is 746. The summed E-state index contributed by atoms with van der Waals surface area (Å²) in [6, 6.07) is 8.29. The molecule has 1 aliphatic rings. The highest BCUT2D eigenvalue weighted by molar-refractivity contribution is 6.35. The molecule has 0 saturated carbocycles. The van der Waals surface area contributed by atoms with Crippen molar-refractivity contribution in [2.75, 3.05) is 6.61 Å². The highest BCUT2D eigenvalue weighted by Gasteiger charge is 2.34. The van der Waals surface area contributed by atoms with Crippen molar-refractivity contribution in [2.45, 2.75) is 13.2 Å². The minimum Gasteiger partial charge on any atom is -0.482 e. The number of amides is 1. The van der Waals surface area contributed by atoms with Gasteiger partial charge in [0.2, 0.25) is 11.8 Å². The molecule has 1 aromatic heterocycles. The van der Waals surface area contributed by atoms with Crippen LogP contribution >= 0.6 is 23.2 Å². The molecule has 0 aliphatic carbocycles. The lowest BCUT2D eigenvalue weighted by atomic mass is 10.3. The molecule has 3 rings (SSSR count). The van der Waals surface area contributed by atoms with Crippen LogP contribution in [0, 0.1) is 0 Å². The summed E-state index contributed by atoms with van der Waals surface area (Å²) in [5, 5.41) is 6.20. The maximum atomic E-state index is 11.7. The van der Waals surface area contributed by atoms with Crippen molar-refractivity contribution in [1.29, 1.82) is 0 Å². The van der Waals surface area contributed by atoms with Crippen molar-refractivity contribution < 1.29 is 18.7 Å².